The molecular formula is C22H28BrN7O. The highest BCUT2D eigenvalue weighted by Crippen LogP contribution is 2.30. The number of piperidine rings is 1. The predicted molar refractivity (Wildman–Crippen MR) is 124 cm³/mol. The molecule has 8 nitrogen and oxygen atoms in total. The van der Waals surface area contributed by atoms with Crippen molar-refractivity contribution in [3.63, 3.8) is 0 Å². The second kappa shape index (κ2) is 10.1. The number of nitrogens with zero attached hydrogens (tertiary/aromatic N) is 5. The fourth-order valence-electron chi connectivity index (χ4n) is 3.85. The van der Waals surface area contributed by atoms with Crippen LogP contribution in [0.2, 0.25) is 0 Å². The van der Waals surface area contributed by atoms with Gasteiger partial charge in [-0.1, -0.05) is 19.4 Å². The maximum Gasteiger partial charge on any atom is 0.317 e. The molecular weight excluding hydrogens is 458 g/mol. The van der Waals surface area contributed by atoms with Crippen molar-refractivity contribution >= 4 is 33.4 Å². The highest BCUT2D eigenvalue weighted by Gasteiger charge is 2.25. The van der Waals surface area contributed by atoms with Crippen molar-refractivity contribution in [1.29, 1.82) is 0 Å². The van der Waals surface area contributed by atoms with E-state index in [-0.39, 0.29) is 6.03 Å². The van der Waals surface area contributed by atoms with Gasteiger partial charge in [-0.3, -0.25) is 4.98 Å². The number of unbranched alkanes of at least 4 members (excludes halogenated alkanes) is 1. The van der Waals surface area contributed by atoms with Gasteiger partial charge in [0, 0.05) is 56.3 Å². The number of carbonyl (C=O) groups excluding carboxylic acids is 1. The van der Waals surface area contributed by atoms with Gasteiger partial charge < -0.3 is 15.5 Å². The van der Waals surface area contributed by atoms with Crippen molar-refractivity contribution < 1.29 is 4.79 Å². The average Bonchev–Trinajstić information content (AvgIpc) is 3.19. The Bertz CT molecular complexity index is 1020. The minimum absolute atomic E-state index is 0.0488. The van der Waals surface area contributed by atoms with E-state index >= 15 is 0 Å². The van der Waals surface area contributed by atoms with E-state index in [0.29, 0.717) is 12.5 Å². The maximum absolute atomic E-state index is 12.3. The van der Waals surface area contributed by atoms with E-state index in [1.165, 1.54) is 0 Å². The average molecular weight is 486 g/mol. The predicted octanol–water partition coefficient (Wildman–Crippen LogP) is 4.19. The highest BCUT2D eigenvalue weighted by atomic mass is 79.9. The van der Waals surface area contributed by atoms with Gasteiger partial charge >= 0.3 is 6.03 Å². The summed E-state index contributed by atoms with van der Waals surface area (Å²) < 4.78 is 2.69. The van der Waals surface area contributed by atoms with E-state index in [1.54, 1.807) is 12.4 Å². The van der Waals surface area contributed by atoms with Crippen LogP contribution in [0.25, 0.3) is 5.65 Å². The molecule has 4 rings (SSSR count). The molecule has 1 aliphatic heterocycles. The number of halogens is 1. The topological polar surface area (TPSA) is 87.5 Å². The number of anilines is 1. The molecule has 1 saturated heterocycles. The third-order valence-corrected chi connectivity index (χ3v) is 6.21. The standard InChI is InChI=1S/C22H28BrN7O/c1-2-3-9-25-22(31)29-10-6-17(7-11-29)19-12-20(26-14-16-5-4-8-24-13-16)30-21(28-19)18(23)15-27-30/h4-5,8,12-13,15,17,26H,2-3,6-7,9-11,14H2,1H3,(H,25,31). The van der Waals surface area contributed by atoms with Gasteiger partial charge in [-0.25, -0.2) is 9.78 Å². The minimum Gasteiger partial charge on any atom is -0.366 e. The van der Waals surface area contributed by atoms with Crippen LogP contribution in [-0.4, -0.2) is 50.1 Å². The fourth-order valence-corrected chi connectivity index (χ4v) is 4.20. The van der Waals surface area contributed by atoms with Crippen LogP contribution in [0.3, 0.4) is 0 Å². The molecule has 1 aliphatic rings. The van der Waals surface area contributed by atoms with Gasteiger partial charge in [0.15, 0.2) is 5.65 Å². The Labute approximate surface area is 190 Å². The van der Waals surface area contributed by atoms with Crippen molar-refractivity contribution in [2.45, 2.75) is 45.1 Å². The van der Waals surface area contributed by atoms with Crippen LogP contribution in [0.15, 0.2) is 41.3 Å². The van der Waals surface area contributed by atoms with Gasteiger partial charge in [-0.2, -0.15) is 9.61 Å². The summed E-state index contributed by atoms with van der Waals surface area (Å²) in [4.78, 5) is 23.3. The Hall–Kier alpha value is -2.68. The molecule has 0 atom stereocenters. The number of carbonyl (C=O) groups is 1. The Kier molecular flexibility index (Phi) is 7.01. The first-order chi connectivity index (χ1) is 15.2. The molecule has 0 spiro atoms. The zero-order valence-corrected chi connectivity index (χ0v) is 19.3. The summed E-state index contributed by atoms with van der Waals surface area (Å²) in [5, 5.41) is 10.9. The smallest absolute Gasteiger partial charge is 0.317 e. The second-order valence-electron chi connectivity index (χ2n) is 7.86. The number of likely N-dealkylation sites (tertiary alicyclic amines) is 1. The van der Waals surface area contributed by atoms with E-state index in [4.69, 9.17) is 4.98 Å². The molecule has 0 bridgehead atoms. The summed E-state index contributed by atoms with van der Waals surface area (Å²) in [5.74, 6) is 1.21. The van der Waals surface area contributed by atoms with Crippen LogP contribution in [-0.2, 0) is 6.54 Å². The summed E-state index contributed by atoms with van der Waals surface area (Å²) in [5.41, 5.74) is 2.93. The Morgan fingerprint density at radius 2 is 2.13 bits per heavy atom. The molecule has 2 amide bonds. The van der Waals surface area contributed by atoms with E-state index in [1.807, 2.05) is 27.7 Å². The molecule has 164 valence electrons. The third-order valence-electron chi connectivity index (χ3n) is 5.65. The fraction of sp³-hybridized carbons (Fsp3) is 0.455. The molecule has 3 aromatic rings. The summed E-state index contributed by atoms with van der Waals surface area (Å²) in [6.07, 6.45) is 9.29. The van der Waals surface area contributed by atoms with Crippen molar-refractivity contribution in [3.05, 3.63) is 52.5 Å². The summed E-state index contributed by atoms with van der Waals surface area (Å²) in [6.45, 7) is 5.01. The third kappa shape index (κ3) is 5.15. The van der Waals surface area contributed by atoms with Crippen molar-refractivity contribution in [3.8, 4) is 0 Å². The lowest BCUT2D eigenvalue weighted by molar-refractivity contribution is 0.181. The number of rotatable bonds is 7. The summed E-state index contributed by atoms with van der Waals surface area (Å²) >= 11 is 3.57. The summed E-state index contributed by atoms with van der Waals surface area (Å²) in [6, 6.07) is 6.11. The number of pyridine rings is 1. The lowest BCUT2D eigenvalue weighted by atomic mass is 9.93. The Balaban J connectivity index is 1.47. The van der Waals surface area contributed by atoms with Gasteiger partial charge in [0.1, 0.15) is 5.82 Å². The van der Waals surface area contributed by atoms with Crippen LogP contribution in [0.5, 0.6) is 0 Å². The number of fused-ring (bicyclic) bond motifs is 1. The monoisotopic (exact) mass is 485 g/mol. The Morgan fingerprint density at radius 1 is 1.29 bits per heavy atom. The molecule has 0 saturated carbocycles. The van der Waals surface area contributed by atoms with Crippen molar-refractivity contribution in [2.75, 3.05) is 25.0 Å². The molecule has 0 unspecified atom stereocenters. The number of urea groups is 1. The molecule has 1 fully saturated rings. The van der Waals surface area contributed by atoms with Gasteiger partial charge in [0.25, 0.3) is 0 Å². The first-order valence-electron chi connectivity index (χ1n) is 10.9. The largest absolute Gasteiger partial charge is 0.366 e. The molecule has 31 heavy (non-hydrogen) atoms. The summed E-state index contributed by atoms with van der Waals surface area (Å²) in [7, 11) is 0. The molecule has 0 aromatic carbocycles. The van der Waals surface area contributed by atoms with E-state index in [9.17, 15) is 4.79 Å². The second-order valence-corrected chi connectivity index (χ2v) is 8.71. The van der Waals surface area contributed by atoms with Gasteiger partial charge in [0.2, 0.25) is 0 Å². The lowest BCUT2D eigenvalue weighted by Gasteiger charge is -2.32. The first kappa shape index (κ1) is 21.5. The first-order valence-corrected chi connectivity index (χ1v) is 11.6. The van der Waals surface area contributed by atoms with Crippen LogP contribution < -0.4 is 10.6 Å². The number of nitrogens with one attached hydrogen (secondary N) is 2. The van der Waals surface area contributed by atoms with Crippen molar-refractivity contribution in [1.82, 2.24) is 29.8 Å². The van der Waals surface area contributed by atoms with Gasteiger partial charge in [-0.15, -0.1) is 0 Å². The quantitative estimate of drug-likeness (QED) is 0.489. The van der Waals surface area contributed by atoms with Crippen LogP contribution in [0.1, 0.15) is 49.8 Å². The van der Waals surface area contributed by atoms with E-state index < -0.39 is 0 Å². The lowest BCUT2D eigenvalue weighted by Crippen LogP contribution is -2.44. The molecule has 0 aliphatic carbocycles. The molecule has 9 heteroatoms. The van der Waals surface area contributed by atoms with Crippen molar-refractivity contribution in [2.24, 2.45) is 0 Å². The normalized spacial score (nSPS) is 14.7. The van der Waals surface area contributed by atoms with Crippen LogP contribution >= 0.6 is 15.9 Å². The van der Waals surface area contributed by atoms with Gasteiger partial charge in [-0.05, 0) is 46.8 Å². The van der Waals surface area contributed by atoms with E-state index in [2.05, 4.69) is 49.6 Å². The molecule has 0 radical (unpaired) electrons. The zero-order chi connectivity index (χ0) is 21.6. The Morgan fingerprint density at radius 3 is 2.87 bits per heavy atom. The van der Waals surface area contributed by atoms with E-state index in [0.717, 1.165) is 72.5 Å². The zero-order valence-electron chi connectivity index (χ0n) is 17.7. The SMILES string of the molecule is CCCCNC(=O)N1CCC(c2cc(NCc3cccnc3)n3ncc(Br)c3n2)CC1. The molecule has 2 N–H and O–H groups in total. The number of hydrogen-bond acceptors (Lipinski definition) is 5. The molecule has 4 heterocycles. The van der Waals surface area contributed by atoms with Gasteiger partial charge in [0.05, 0.1) is 10.7 Å². The van der Waals surface area contributed by atoms with Crippen LogP contribution in [0.4, 0.5) is 10.6 Å². The number of hydrogen-bond donors (Lipinski definition) is 2. The van der Waals surface area contributed by atoms with Crippen LogP contribution in [0, 0.1) is 0 Å². The highest BCUT2D eigenvalue weighted by molar-refractivity contribution is 9.10. The molecule has 3 aromatic heterocycles. The number of aromatic nitrogens is 4. The maximum atomic E-state index is 12.3. The minimum atomic E-state index is 0.0488. The number of amides is 2.